The van der Waals surface area contributed by atoms with E-state index in [0.717, 1.165) is 36.0 Å². The Hall–Kier alpha value is -0.650. The van der Waals surface area contributed by atoms with Crippen LogP contribution in [0.3, 0.4) is 0 Å². The van der Waals surface area contributed by atoms with Crippen molar-refractivity contribution in [3.63, 3.8) is 0 Å². The lowest BCUT2D eigenvalue weighted by Crippen LogP contribution is -2.47. The summed E-state index contributed by atoms with van der Waals surface area (Å²) >= 11 is 8.61. The van der Waals surface area contributed by atoms with Gasteiger partial charge in [-0.25, -0.2) is 0 Å². The van der Waals surface area contributed by atoms with Gasteiger partial charge in [-0.05, 0) is 53.9 Å². The molecule has 0 aliphatic carbocycles. The summed E-state index contributed by atoms with van der Waals surface area (Å²) in [5, 5.41) is 0. The fourth-order valence-corrected chi connectivity index (χ4v) is 3.25. The van der Waals surface area contributed by atoms with Crippen molar-refractivity contribution in [2.45, 2.75) is 25.4 Å². The van der Waals surface area contributed by atoms with Crippen LogP contribution in [0.25, 0.3) is 0 Å². The second-order valence-corrected chi connectivity index (χ2v) is 6.50. The van der Waals surface area contributed by atoms with Crippen LogP contribution < -0.4 is 10.6 Å². The van der Waals surface area contributed by atoms with E-state index in [4.69, 9.17) is 22.7 Å². The first-order valence-corrected chi connectivity index (χ1v) is 7.55. The van der Waals surface area contributed by atoms with Gasteiger partial charge in [0.15, 0.2) is 0 Å². The number of rotatable bonds is 3. The van der Waals surface area contributed by atoms with Crippen LogP contribution in [0.15, 0.2) is 22.7 Å². The second kappa shape index (κ2) is 5.77. The molecule has 5 heteroatoms. The van der Waals surface area contributed by atoms with Crippen LogP contribution in [0.5, 0.6) is 0 Å². The first-order valence-electron chi connectivity index (χ1n) is 6.35. The van der Waals surface area contributed by atoms with Crippen molar-refractivity contribution >= 4 is 38.8 Å². The van der Waals surface area contributed by atoms with Gasteiger partial charge in [0.2, 0.25) is 0 Å². The fraction of sp³-hybridized carbons (Fsp3) is 0.500. The molecule has 0 amide bonds. The topological polar surface area (TPSA) is 38.5 Å². The number of hydrogen-bond donors (Lipinski definition) is 1. The normalized spacial score (nSPS) is 23.4. The molecule has 2 rings (SSSR count). The van der Waals surface area contributed by atoms with Gasteiger partial charge in [-0.15, -0.1) is 0 Å². The molecule has 0 radical (unpaired) electrons. The third-order valence-corrected chi connectivity index (χ3v) is 4.60. The highest BCUT2D eigenvalue weighted by Crippen LogP contribution is 2.33. The average Bonchev–Trinajstić information content (AvgIpc) is 2.38. The van der Waals surface area contributed by atoms with Crippen LogP contribution in [0, 0.1) is 0 Å². The number of nitrogens with two attached hydrogens (primary N) is 1. The monoisotopic (exact) mass is 342 g/mol. The van der Waals surface area contributed by atoms with Crippen molar-refractivity contribution in [3.05, 3.63) is 28.2 Å². The van der Waals surface area contributed by atoms with Crippen LogP contribution in [0.4, 0.5) is 5.69 Å². The maximum absolute atomic E-state index is 5.65. The number of benzene rings is 1. The maximum atomic E-state index is 5.65. The number of nitrogens with zero attached hydrogens (tertiary/aromatic N) is 1. The number of ether oxygens (including phenoxy) is 1. The van der Waals surface area contributed by atoms with E-state index in [-0.39, 0.29) is 5.60 Å². The van der Waals surface area contributed by atoms with Gasteiger partial charge in [0.25, 0.3) is 0 Å². The van der Waals surface area contributed by atoms with E-state index < -0.39 is 0 Å². The number of anilines is 1. The smallest absolute Gasteiger partial charge is 0.104 e. The molecule has 1 saturated heterocycles. The molecule has 104 valence electrons. The standard InChI is InChI=1S/C14H19BrN2OS/c1-14(18-2)6-3-7-17(9-14)12-5-4-10(13(16)19)8-11(12)15/h4-5,8H,3,6-7,9H2,1-2H3,(H2,16,19). The lowest BCUT2D eigenvalue weighted by atomic mass is 9.94. The Morgan fingerprint density at radius 2 is 2.26 bits per heavy atom. The first kappa shape index (κ1) is 14.8. The SMILES string of the molecule is COC1(C)CCCN(c2ccc(C(N)=S)cc2Br)C1. The lowest BCUT2D eigenvalue weighted by Gasteiger charge is -2.41. The van der Waals surface area contributed by atoms with Crippen LogP contribution >= 0.6 is 28.1 Å². The van der Waals surface area contributed by atoms with Crippen molar-refractivity contribution < 1.29 is 4.74 Å². The minimum absolute atomic E-state index is 0.0699. The van der Waals surface area contributed by atoms with Crippen LogP contribution in [-0.4, -0.2) is 30.8 Å². The number of methoxy groups -OCH3 is 1. The van der Waals surface area contributed by atoms with Gasteiger partial charge in [0.05, 0.1) is 11.3 Å². The van der Waals surface area contributed by atoms with E-state index in [9.17, 15) is 0 Å². The summed E-state index contributed by atoms with van der Waals surface area (Å²) in [5.41, 5.74) is 7.64. The molecule has 1 aliphatic heterocycles. The number of piperidine rings is 1. The van der Waals surface area contributed by atoms with Crippen molar-refractivity contribution in [3.8, 4) is 0 Å². The molecule has 1 atom stereocenters. The Balaban J connectivity index is 2.24. The predicted octanol–water partition coefficient (Wildman–Crippen LogP) is 3.09. The molecule has 2 N–H and O–H groups in total. The molecule has 1 unspecified atom stereocenters. The van der Waals surface area contributed by atoms with Crippen molar-refractivity contribution in [1.29, 1.82) is 0 Å². The summed E-state index contributed by atoms with van der Waals surface area (Å²) in [6, 6.07) is 6.03. The van der Waals surface area contributed by atoms with Crippen molar-refractivity contribution in [1.82, 2.24) is 0 Å². The van der Waals surface area contributed by atoms with Crippen LogP contribution in [0.1, 0.15) is 25.3 Å². The molecular weight excluding hydrogens is 324 g/mol. The molecule has 0 aromatic heterocycles. The zero-order valence-corrected chi connectivity index (χ0v) is 13.7. The Morgan fingerprint density at radius 1 is 1.53 bits per heavy atom. The third kappa shape index (κ3) is 3.27. The Kier molecular flexibility index (Phi) is 4.48. The Bertz CT molecular complexity index is 494. The van der Waals surface area contributed by atoms with Gasteiger partial charge < -0.3 is 15.4 Å². The van der Waals surface area contributed by atoms with Crippen LogP contribution in [0.2, 0.25) is 0 Å². The molecule has 1 aromatic rings. The maximum Gasteiger partial charge on any atom is 0.104 e. The molecule has 19 heavy (non-hydrogen) atoms. The molecule has 1 fully saturated rings. The number of thiocarbonyl (C=S) groups is 1. The third-order valence-electron chi connectivity index (χ3n) is 3.72. The summed E-state index contributed by atoms with van der Waals surface area (Å²) in [6.45, 7) is 4.11. The molecule has 0 saturated carbocycles. The zero-order chi connectivity index (χ0) is 14.0. The highest BCUT2D eigenvalue weighted by atomic mass is 79.9. The lowest BCUT2D eigenvalue weighted by molar-refractivity contribution is -0.00467. The second-order valence-electron chi connectivity index (χ2n) is 5.21. The quantitative estimate of drug-likeness (QED) is 0.856. The largest absolute Gasteiger partial charge is 0.389 e. The molecule has 1 heterocycles. The summed E-state index contributed by atoms with van der Waals surface area (Å²) in [4.78, 5) is 2.77. The Morgan fingerprint density at radius 3 is 2.84 bits per heavy atom. The van der Waals surface area contributed by atoms with E-state index in [1.807, 2.05) is 12.1 Å². The minimum atomic E-state index is -0.0699. The zero-order valence-electron chi connectivity index (χ0n) is 11.3. The molecule has 1 aromatic carbocycles. The summed E-state index contributed by atoms with van der Waals surface area (Å²) in [7, 11) is 1.79. The first-order chi connectivity index (χ1) is 8.95. The molecule has 0 spiro atoms. The van der Waals surface area contributed by atoms with E-state index >= 15 is 0 Å². The van der Waals surface area contributed by atoms with Gasteiger partial charge in [0, 0.05) is 30.2 Å². The van der Waals surface area contributed by atoms with E-state index in [0.29, 0.717) is 4.99 Å². The fourth-order valence-electron chi connectivity index (χ4n) is 2.49. The van der Waals surface area contributed by atoms with Crippen LogP contribution in [-0.2, 0) is 4.74 Å². The Labute approximate surface area is 128 Å². The molecular formula is C14H19BrN2OS. The van der Waals surface area contributed by atoms with E-state index in [1.165, 1.54) is 5.69 Å². The van der Waals surface area contributed by atoms with Gasteiger partial charge >= 0.3 is 0 Å². The highest BCUT2D eigenvalue weighted by Gasteiger charge is 2.31. The molecule has 0 bridgehead atoms. The summed E-state index contributed by atoms with van der Waals surface area (Å²) in [5.74, 6) is 0. The van der Waals surface area contributed by atoms with Gasteiger partial charge in [-0.2, -0.15) is 0 Å². The van der Waals surface area contributed by atoms with Gasteiger partial charge in [-0.1, -0.05) is 12.2 Å². The predicted molar refractivity (Wildman–Crippen MR) is 86.9 cm³/mol. The number of halogens is 1. The molecule has 3 nitrogen and oxygen atoms in total. The average molecular weight is 343 g/mol. The van der Waals surface area contributed by atoms with Gasteiger partial charge in [-0.3, -0.25) is 0 Å². The summed E-state index contributed by atoms with van der Waals surface area (Å²) in [6.07, 6.45) is 2.23. The summed E-state index contributed by atoms with van der Waals surface area (Å²) < 4.78 is 6.66. The van der Waals surface area contributed by atoms with Crippen molar-refractivity contribution in [2.75, 3.05) is 25.1 Å². The molecule has 1 aliphatic rings. The number of hydrogen-bond acceptors (Lipinski definition) is 3. The highest BCUT2D eigenvalue weighted by molar-refractivity contribution is 9.10. The van der Waals surface area contributed by atoms with E-state index in [1.54, 1.807) is 7.11 Å². The van der Waals surface area contributed by atoms with E-state index in [2.05, 4.69) is 33.8 Å². The van der Waals surface area contributed by atoms with Gasteiger partial charge in [0.1, 0.15) is 4.99 Å². The van der Waals surface area contributed by atoms with Crippen molar-refractivity contribution in [2.24, 2.45) is 5.73 Å². The minimum Gasteiger partial charge on any atom is -0.389 e.